The number of benzene rings is 1. The average Bonchev–Trinajstić information content (AvgIpc) is 1.61. The van der Waals surface area contributed by atoms with E-state index in [1.54, 1.807) is 43.2 Å². The summed E-state index contributed by atoms with van der Waals surface area (Å²) in [4.78, 5) is 53.1. The number of aromatic nitrogens is 6. The molecule has 26 heteroatoms. The number of rotatable bonds is 25. The van der Waals surface area contributed by atoms with Crippen LogP contribution in [-0.2, 0) is 72.5 Å². The van der Waals surface area contributed by atoms with Crippen LogP contribution in [0.5, 0.6) is 0 Å². The first kappa shape index (κ1) is 67.8. The number of carbonyl (C=O) groups is 1. The lowest BCUT2D eigenvalue weighted by Gasteiger charge is -2.13. The van der Waals surface area contributed by atoms with Gasteiger partial charge in [0.05, 0.1) is 95.1 Å². The van der Waals surface area contributed by atoms with E-state index in [1.165, 1.54) is 41.1 Å². The SMILES string of the molecule is CCCCS(=O)C1=C(N)c2c(-c3ccc(COC(=O)OCCN(C)C)cc3)cc(-c3nccs3)nc2C1.CCCCS(=O)C1=C(N)c2c(C3=NC=C(N)C3)cc(-c3nccs3)nc2C1.COCCCS(=O)C1=C(N)c2c(C3=NC=C(C4CC4)C3)cc(-c3nccs3)nc2C1. The quantitative estimate of drug-likeness (QED) is 0.0305. The van der Waals surface area contributed by atoms with Gasteiger partial charge in [0.15, 0.2) is 0 Å². The molecule has 4 aliphatic carbocycles. The predicted octanol–water partition coefficient (Wildman–Crippen LogP) is 11.4. The molecule has 6 aliphatic rings. The maximum atomic E-state index is 13.0. The van der Waals surface area contributed by atoms with Crippen molar-refractivity contribution in [1.82, 2.24) is 34.8 Å². The van der Waals surface area contributed by atoms with Crippen LogP contribution < -0.4 is 22.9 Å². The van der Waals surface area contributed by atoms with Gasteiger partial charge in [0.2, 0.25) is 0 Å². The number of pyridine rings is 3. The number of nitrogens with two attached hydrogens (primary N) is 4. The highest BCUT2D eigenvalue weighted by Crippen LogP contribution is 2.44. The topological polar surface area (TPSA) is 305 Å². The molecule has 1 saturated carbocycles. The van der Waals surface area contributed by atoms with Crippen molar-refractivity contribution >= 4 is 101 Å². The smallest absolute Gasteiger partial charge is 0.433 e. The van der Waals surface area contributed by atoms with Crippen molar-refractivity contribution in [2.75, 3.05) is 58.2 Å². The van der Waals surface area contributed by atoms with E-state index >= 15 is 0 Å². The lowest BCUT2D eigenvalue weighted by Crippen LogP contribution is -2.20. The van der Waals surface area contributed by atoms with Crippen molar-refractivity contribution in [3.05, 3.63) is 166 Å². The molecule has 0 radical (unpaired) electrons. The number of aliphatic imine (C=N–C) groups is 2. The number of likely N-dealkylation sites (N-methyl/N-ethyl adjacent to an activating group) is 1. The van der Waals surface area contributed by atoms with Gasteiger partial charge in [0.25, 0.3) is 0 Å². The predicted molar refractivity (Wildman–Crippen MR) is 381 cm³/mol. The Labute approximate surface area is 567 Å². The van der Waals surface area contributed by atoms with E-state index in [4.69, 9.17) is 57.1 Å². The van der Waals surface area contributed by atoms with Gasteiger partial charge in [-0.3, -0.25) is 22.6 Å². The zero-order chi connectivity index (χ0) is 66.0. The minimum Gasteiger partial charge on any atom is -0.433 e. The van der Waals surface area contributed by atoms with Crippen LogP contribution in [0.2, 0.25) is 0 Å². The Balaban J connectivity index is 0.000000146. The van der Waals surface area contributed by atoms with Gasteiger partial charge in [-0.2, -0.15) is 0 Å². The number of methoxy groups -OCH3 is 1. The molecular weight excluding hydrogens is 1300 g/mol. The zero-order valence-electron chi connectivity index (χ0n) is 53.3. The van der Waals surface area contributed by atoms with Gasteiger partial charge in [0.1, 0.15) is 28.2 Å². The number of hydrogen-bond donors (Lipinski definition) is 4. The van der Waals surface area contributed by atoms with E-state index < -0.39 is 38.6 Å². The standard InChI is InChI=1S/C27H32N4O4S2.C22H24N4O2S2.C19H21N5OS2/c1-4-5-14-37(33)23-16-21-24(25(23)28)20(15-22(30-21)26-29-10-13-36-26)19-8-6-18(7-9-19)17-35-27(32)34-12-11-31(2)3;1-28-6-2-8-30(27)19-11-17-20(21(19)23)15(10-18(26-17)22-24-5-7-29-22)16-9-14(12-25-16)13-3-4-13;1-2-3-6-27(25)16-9-14-17(18(16)21)12(13-7-11(20)10-23-13)8-15(24-14)19-22-4-5-26-19/h6-10,13,15H,4-5,11-12,14,16-17,28H2,1-3H3;5,7,10,12-13H,2-4,6,8-9,11,23H2,1H3;4-5,8,10H,2-3,6-7,9,20-21H2,1H3. The van der Waals surface area contributed by atoms with E-state index in [9.17, 15) is 17.4 Å². The lowest BCUT2D eigenvalue weighted by molar-refractivity contribution is 0.0461. The fourth-order valence-corrected chi connectivity index (χ4v) is 17.3. The van der Waals surface area contributed by atoms with E-state index in [1.807, 2.05) is 77.7 Å². The van der Waals surface area contributed by atoms with Crippen LogP contribution in [0.15, 0.2) is 126 Å². The summed E-state index contributed by atoms with van der Waals surface area (Å²) in [5.74, 6) is 2.46. The normalized spacial score (nSPS) is 16.4. The highest BCUT2D eigenvalue weighted by molar-refractivity contribution is 7.89. The first-order valence-corrected chi connectivity index (χ1v) is 37.9. The van der Waals surface area contributed by atoms with Crippen molar-refractivity contribution in [1.29, 1.82) is 0 Å². The molecule has 20 nitrogen and oxygen atoms in total. The Morgan fingerprint density at radius 2 is 1.04 bits per heavy atom. The highest BCUT2D eigenvalue weighted by atomic mass is 32.2. The van der Waals surface area contributed by atoms with Crippen LogP contribution in [0.1, 0.15) is 122 Å². The van der Waals surface area contributed by atoms with Crippen LogP contribution in [0, 0.1) is 5.92 Å². The maximum absolute atomic E-state index is 13.0. The molecule has 94 heavy (non-hydrogen) atoms. The zero-order valence-corrected chi connectivity index (χ0v) is 58.2. The molecule has 8 heterocycles. The number of allylic oxidation sites excluding steroid dienone is 5. The summed E-state index contributed by atoms with van der Waals surface area (Å²) < 4.78 is 54.1. The van der Waals surface area contributed by atoms with Gasteiger partial charge in [0, 0.05) is 165 Å². The second kappa shape index (κ2) is 31.3. The van der Waals surface area contributed by atoms with Crippen molar-refractivity contribution in [2.45, 2.75) is 97.5 Å². The number of fused-ring (bicyclic) bond motifs is 3. The van der Waals surface area contributed by atoms with E-state index in [2.05, 4.69) is 39.9 Å². The summed E-state index contributed by atoms with van der Waals surface area (Å²) in [5.41, 5.74) is 43.5. The molecule has 0 amide bonds. The van der Waals surface area contributed by atoms with Crippen LogP contribution in [-0.4, -0.2) is 123 Å². The third-order valence-corrected chi connectivity index (χ3v) is 23.5. The largest absolute Gasteiger partial charge is 0.508 e. The van der Waals surface area contributed by atoms with Crippen LogP contribution in [0.3, 0.4) is 0 Å². The van der Waals surface area contributed by atoms with Crippen LogP contribution in [0.4, 0.5) is 4.79 Å². The van der Waals surface area contributed by atoms with E-state index in [0.717, 1.165) is 164 Å². The first-order chi connectivity index (χ1) is 45.6. The average molecular weight is 1380 g/mol. The number of hydrogen-bond acceptors (Lipinski definition) is 23. The molecule has 2 aliphatic heterocycles. The molecule has 7 aromatic rings. The maximum Gasteiger partial charge on any atom is 0.508 e. The Hall–Kier alpha value is -7.56. The summed E-state index contributed by atoms with van der Waals surface area (Å²) in [6.45, 7) is 5.79. The Morgan fingerprint density at radius 1 is 0.585 bits per heavy atom. The molecule has 492 valence electrons. The van der Waals surface area contributed by atoms with Gasteiger partial charge in [-0.05, 0) is 92.6 Å². The molecule has 13 rings (SSSR count). The first-order valence-electron chi connectivity index (χ1n) is 31.3. The molecule has 1 fully saturated rings. The summed E-state index contributed by atoms with van der Waals surface area (Å²) >= 11 is 4.62. The third-order valence-electron chi connectivity index (χ3n) is 16.4. The minimum atomic E-state index is -1.14. The second-order valence-corrected chi connectivity index (χ2v) is 30.9. The number of thiazole rings is 3. The Morgan fingerprint density at radius 3 is 1.47 bits per heavy atom. The number of unbranched alkanes of at least 4 members (excludes halogenated alkanes) is 2. The van der Waals surface area contributed by atoms with Crippen molar-refractivity contribution in [3.63, 3.8) is 0 Å². The summed E-state index contributed by atoms with van der Waals surface area (Å²) in [7, 11) is 2.10. The summed E-state index contributed by atoms with van der Waals surface area (Å²) in [6.07, 6.45) is 18.3. The molecule has 3 unspecified atom stereocenters. The number of ether oxygens (including phenoxy) is 3. The molecule has 8 N–H and O–H groups in total. The minimum absolute atomic E-state index is 0.114. The van der Waals surface area contributed by atoms with Gasteiger partial charge in [-0.1, -0.05) is 51.0 Å². The van der Waals surface area contributed by atoms with E-state index in [0.29, 0.717) is 79.1 Å². The number of carbonyl (C=O) groups excluding carboxylic acids is 1. The molecule has 6 aromatic heterocycles. The van der Waals surface area contributed by atoms with E-state index in [-0.39, 0.29) is 13.2 Å². The molecule has 0 bridgehead atoms. The van der Waals surface area contributed by atoms with Crippen LogP contribution in [0.25, 0.3) is 60.3 Å². The molecule has 0 saturated heterocycles. The van der Waals surface area contributed by atoms with Crippen molar-refractivity contribution in [2.24, 2.45) is 38.8 Å². The molecule has 3 atom stereocenters. The fraction of sp³-hybridized carbons (Fsp3) is 0.368. The summed E-state index contributed by atoms with van der Waals surface area (Å²) in [6, 6.07) is 13.8. The fourth-order valence-electron chi connectivity index (χ4n) is 11.4. The highest BCUT2D eigenvalue weighted by Gasteiger charge is 2.35. The molecule has 1 aromatic carbocycles. The molecular formula is C68H77N13O7S6. The molecule has 0 spiro atoms. The van der Waals surface area contributed by atoms with Gasteiger partial charge in [-0.15, -0.1) is 34.0 Å². The second-order valence-electron chi connectivity index (χ2n) is 23.5. The summed E-state index contributed by atoms with van der Waals surface area (Å²) in [5, 5.41) is 8.34. The monoisotopic (exact) mass is 1380 g/mol. The Bertz CT molecular complexity index is 4250. The van der Waals surface area contributed by atoms with Crippen molar-refractivity contribution < 1.29 is 31.6 Å². The van der Waals surface area contributed by atoms with Gasteiger partial charge < -0.3 is 42.0 Å². The van der Waals surface area contributed by atoms with Crippen molar-refractivity contribution in [3.8, 4) is 43.2 Å². The van der Waals surface area contributed by atoms with Gasteiger partial charge in [-0.25, -0.2) is 34.7 Å². The van der Waals surface area contributed by atoms with Gasteiger partial charge >= 0.3 is 6.16 Å². The third kappa shape index (κ3) is 15.9. The number of nitrogens with zero attached hydrogens (tertiary/aromatic N) is 9. The Kier molecular flexibility index (Phi) is 22.6. The lowest BCUT2D eigenvalue weighted by atomic mass is 9.96. The van der Waals surface area contributed by atoms with Crippen LogP contribution >= 0.6 is 34.0 Å².